The zero-order chi connectivity index (χ0) is 16.7. The first-order valence-electron chi connectivity index (χ1n) is 8.28. The first-order valence-corrected chi connectivity index (χ1v) is 8.28. The lowest BCUT2D eigenvalue weighted by Gasteiger charge is -2.21. The third-order valence-corrected chi connectivity index (χ3v) is 4.84. The fourth-order valence-corrected chi connectivity index (χ4v) is 3.56. The van der Waals surface area contributed by atoms with E-state index in [2.05, 4.69) is 11.0 Å². The molecule has 2 heterocycles. The Hall–Kier alpha value is -2.43. The lowest BCUT2D eigenvalue weighted by molar-refractivity contribution is 0.0989. The highest BCUT2D eigenvalue weighted by atomic mass is 19.2. The van der Waals surface area contributed by atoms with Gasteiger partial charge in [0, 0.05) is 36.6 Å². The second-order valence-corrected chi connectivity index (χ2v) is 6.34. The van der Waals surface area contributed by atoms with Crippen molar-refractivity contribution in [1.29, 1.82) is 0 Å². The Morgan fingerprint density at radius 2 is 1.71 bits per heavy atom. The molecule has 1 saturated heterocycles. The summed E-state index contributed by atoms with van der Waals surface area (Å²) in [5, 5.41) is 0. The minimum Gasteiger partial charge on any atom is -0.372 e. The minimum absolute atomic E-state index is 0.172. The SMILES string of the molecule is O=C(c1ccc(F)c(F)c1)N1CCc2cc(N3CCCC3)ccc21. The van der Waals surface area contributed by atoms with Crippen LogP contribution in [-0.4, -0.2) is 25.5 Å². The molecule has 4 rings (SSSR count). The number of hydrogen-bond acceptors (Lipinski definition) is 2. The predicted octanol–water partition coefficient (Wildman–Crippen LogP) is 3.77. The average Bonchev–Trinajstić information content (AvgIpc) is 3.25. The summed E-state index contributed by atoms with van der Waals surface area (Å²) in [6.45, 7) is 2.73. The molecule has 2 aliphatic rings. The number of hydrogen-bond donors (Lipinski definition) is 0. The molecule has 0 atom stereocenters. The number of rotatable bonds is 2. The molecule has 0 aliphatic carbocycles. The van der Waals surface area contributed by atoms with Crippen LogP contribution in [0.15, 0.2) is 36.4 Å². The van der Waals surface area contributed by atoms with E-state index < -0.39 is 11.6 Å². The third kappa shape index (κ3) is 2.54. The number of amides is 1. The van der Waals surface area contributed by atoms with Crippen LogP contribution < -0.4 is 9.80 Å². The van der Waals surface area contributed by atoms with E-state index in [1.54, 1.807) is 4.90 Å². The van der Waals surface area contributed by atoms with Crippen molar-refractivity contribution in [1.82, 2.24) is 0 Å². The normalized spacial score (nSPS) is 16.6. The number of halogens is 2. The zero-order valence-electron chi connectivity index (χ0n) is 13.3. The highest BCUT2D eigenvalue weighted by Gasteiger charge is 2.27. The van der Waals surface area contributed by atoms with E-state index in [1.807, 2.05) is 12.1 Å². The standard InChI is InChI=1S/C19H18F2N2O/c20-16-5-3-14(12-17(16)21)19(24)23-10-7-13-11-15(4-6-18(13)23)22-8-1-2-9-22/h3-6,11-12H,1-2,7-10H2. The lowest BCUT2D eigenvalue weighted by Crippen LogP contribution is -2.29. The number of nitrogens with zero attached hydrogens (tertiary/aromatic N) is 2. The van der Waals surface area contributed by atoms with Crippen LogP contribution in [0.5, 0.6) is 0 Å². The van der Waals surface area contributed by atoms with E-state index in [0.717, 1.165) is 42.9 Å². The van der Waals surface area contributed by atoms with Crippen molar-refractivity contribution in [2.75, 3.05) is 29.4 Å². The summed E-state index contributed by atoms with van der Waals surface area (Å²) in [5.74, 6) is -2.23. The molecule has 124 valence electrons. The van der Waals surface area contributed by atoms with Crippen LogP contribution in [0.3, 0.4) is 0 Å². The Balaban J connectivity index is 1.61. The van der Waals surface area contributed by atoms with E-state index in [1.165, 1.54) is 24.6 Å². The van der Waals surface area contributed by atoms with Gasteiger partial charge in [-0.3, -0.25) is 4.79 Å². The molecule has 0 saturated carbocycles. The van der Waals surface area contributed by atoms with Crippen molar-refractivity contribution >= 4 is 17.3 Å². The Kier molecular flexibility index (Phi) is 3.71. The molecule has 1 amide bonds. The molecule has 0 radical (unpaired) electrons. The summed E-state index contributed by atoms with van der Waals surface area (Å²) in [6, 6.07) is 9.45. The van der Waals surface area contributed by atoms with Gasteiger partial charge in [0.25, 0.3) is 5.91 Å². The van der Waals surface area contributed by atoms with Gasteiger partial charge in [-0.15, -0.1) is 0 Å². The Morgan fingerprint density at radius 3 is 2.46 bits per heavy atom. The van der Waals surface area contributed by atoms with Gasteiger partial charge >= 0.3 is 0 Å². The van der Waals surface area contributed by atoms with Crippen LogP contribution in [0.1, 0.15) is 28.8 Å². The van der Waals surface area contributed by atoms with Gasteiger partial charge in [-0.25, -0.2) is 8.78 Å². The van der Waals surface area contributed by atoms with Gasteiger partial charge in [0.15, 0.2) is 11.6 Å². The lowest BCUT2D eigenvalue weighted by atomic mass is 10.1. The number of carbonyl (C=O) groups excluding carboxylic acids is 1. The Labute approximate surface area is 139 Å². The van der Waals surface area contributed by atoms with Crippen molar-refractivity contribution in [2.45, 2.75) is 19.3 Å². The van der Waals surface area contributed by atoms with Crippen molar-refractivity contribution in [3.05, 3.63) is 59.2 Å². The monoisotopic (exact) mass is 328 g/mol. The topological polar surface area (TPSA) is 23.6 Å². The minimum atomic E-state index is -0.996. The molecule has 0 unspecified atom stereocenters. The third-order valence-electron chi connectivity index (χ3n) is 4.84. The van der Waals surface area contributed by atoms with Crippen molar-refractivity contribution in [3.63, 3.8) is 0 Å². The van der Waals surface area contributed by atoms with Crippen LogP contribution >= 0.6 is 0 Å². The number of carbonyl (C=O) groups is 1. The maximum Gasteiger partial charge on any atom is 0.258 e. The zero-order valence-corrected chi connectivity index (χ0v) is 13.3. The van der Waals surface area contributed by atoms with Crippen LogP contribution in [0.4, 0.5) is 20.2 Å². The number of benzene rings is 2. The van der Waals surface area contributed by atoms with E-state index in [-0.39, 0.29) is 11.5 Å². The molecular formula is C19H18F2N2O. The van der Waals surface area contributed by atoms with E-state index in [0.29, 0.717) is 6.54 Å². The van der Waals surface area contributed by atoms with Gasteiger partial charge in [-0.05, 0) is 61.2 Å². The molecule has 5 heteroatoms. The maximum atomic E-state index is 13.4. The first-order chi connectivity index (χ1) is 11.6. The number of fused-ring (bicyclic) bond motifs is 1. The number of anilines is 2. The largest absolute Gasteiger partial charge is 0.372 e. The van der Waals surface area contributed by atoms with Crippen molar-refractivity contribution in [3.8, 4) is 0 Å². The molecule has 24 heavy (non-hydrogen) atoms. The molecular weight excluding hydrogens is 310 g/mol. The van der Waals surface area contributed by atoms with E-state index in [9.17, 15) is 13.6 Å². The van der Waals surface area contributed by atoms with Gasteiger partial charge in [0.2, 0.25) is 0 Å². The van der Waals surface area contributed by atoms with Gasteiger partial charge in [-0.1, -0.05) is 0 Å². The smallest absolute Gasteiger partial charge is 0.258 e. The molecule has 0 N–H and O–H groups in total. The molecule has 0 aromatic heterocycles. The summed E-state index contributed by atoms with van der Waals surface area (Å²) in [5.41, 5.74) is 3.38. The van der Waals surface area contributed by atoms with Gasteiger partial charge in [0.1, 0.15) is 0 Å². The molecule has 2 aromatic carbocycles. The first kappa shape index (κ1) is 15.1. The fourth-order valence-electron chi connectivity index (χ4n) is 3.56. The Bertz CT molecular complexity index is 800. The second kappa shape index (κ2) is 5.89. The summed E-state index contributed by atoms with van der Waals surface area (Å²) in [7, 11) is 0. The summed E-state index contributed by atoms with van der Waals surface area (Å²) in [4.78, 5) is 16.7. The van der Waals surface area contributed by atoms with Crippen molar-refractivity contribution < 1.29 is 13.6 Å². The average molecular weight is 328 g/mol. The molecule has 2 aliphatic heterocycles. The molecule has 3 nitrogen and oxygen atoms in total. The molecule has 0 bridgehead atoms. The quantitative estimate of drug-likeness (QED) is 0.838. The van der Waals surface area contributed by atoms with Gasteiger partial charge in [0.05, 0.1) is 0 Å². The van der Waals surface area contributed by atoms with Crippen LogP contribution in [-0.2, 0) is 6.42 Å². The summed E-state index contributed by atoms with van der Waals surface area (Å²) in [6.07, 6.45) is 3.22. The van der Waals surface area contributed by atoms with Gasteiger partial charge < -0.3 is 9.80 Å². The van der Waals surface area contributed by atoms with Gasteiger partial charge in [-0.2, -0.15) is 0 Å². The van der Waals surface area contributed by atoms with Crippen molar-refractivity contribution in [2.24, 2.45) is 0 Å². The fraction of sp³-hybridized carbons (Fsp3) is 0.316. The van der Waals surface area contributed by atoms with E-state index >= 15 is 0 Å². The van der Waals surface area contributed by atoms with E-state index in [4.69, 9.17) is 0 Å². The molecule has 1 fully saturated rings. The summed E-state index contributed by atoms with van der Waals surface area (Å²) < 4.78 is 26.5. The van der Waals surface area contributed by atoms with Crippen LogP contribution in [0.25, 0.3) is 0 Å². The maximum absolute atomic E-state index is 13.4. The highest BCUT2D eigenvalue weighted by molar-refractivity contribution is 6.07. The van der Waals surface area contributed by atoms with Crippen LogP contribution in [0, 0.1) is 11.6 Å². The molecule has 2 aromatic rings. The highest BCUT2D eigenvalue weighted by Crippen LogP contribution is 2.33. The second-order valence-electron chi connectivity index (χ2n) is 6.34. The molecule has 0 spiro atoms. The van der Waals surface area contributed by atoms with Crippen LogP contribution in [0.2, 0.25) is 0 Å². The Morgan fingerprint density at radius 1 is 0.917 bits per heavy atom. The predicted molar refractivity (Wildman–Crippen MR) is 89.6 cm³/mol. The summed E-state index contributed by atoms with van der Waals surface area (Å²) >= 11 is 0.